The molecule has 8 nitrogen and oxygen atoms in total. The Kier molecular flexibility index (Phi) is 6.87. The lowest BCUT2D eigenvalue weighted by Gasteiger charge is -2.29. The molecule has 1 aliphatic heterocycles. The number of hydrogen-bond acceptors (Lipinski definition) is 7. The summed E-state index contributed by atoms with van der Waals surface area (Å²) >= 11 is 1.43. The van der Waals surface area contributed by atoms with E-state index in [4.69, 9.17) is 9.47 Å². The smallest absolute Gasteiger partial charge is 0.257 e. The van der Waals surface area contributed by atoms with Crippen LogP contribution in [-0.4, -0.2) is 50.2 Å². The van der Waals surface area contributed by atoms with Gasteiger partial charge in [-0.1, -0.05) is 30.4 Å². The van der Waals surface area contributed by atoms with Gasteiger partial charge in [0, 0.05) is 31.6 Å². The van der Waals surface area contributed by atoms with E-state index >= 15 is 0 Å². The highest BCUT2D eigenvalue weighted by atomic mass is 32.1. The maximum Gasteiger partial charge on any atom is 0.257 e. The van der Waals surface area contributed by atoms with Crippen molar-refractivity contribution in [1.29, 1.82) is 0 Å². The summed E-state index contributed by atoms with van der Waals surface area (Å²) in [6.07, 6.45) is 0.445. The van der Waals surface area contributed by atoms with Crippen LogP contribution in [0.2, 0.25) is 0 Å². The van der Waals surface area contributed by atoms with Crippen LogP contribution in [0.3, 0.4) is 0 Å². The van der Waals surface area contributed by atoms with Gasteiger partial charge in [0.2, 0.25) is 5.91 Å². The van der Waals surface area contributed by atoms with E-state index in [1.54, 1.807) is 19.2 Å². The van der Waals surface area contributed by atoms with Gasteiger partial charge >= 0.3 is 0 Å². The molecule has 1 aromatic heterocycles. The third-order valence-electron chi connectivity index (χ3n) is 5.30. The van der Waals surface area contributed by atoms with Crippen LogP contribution >= 0.6 is 11.3 Å². The molecule has 2 amide bonds. The van der Waals surface area contributed by atoms with Crippen LogP contribution < -0.4 is 20.3 Å². The molecule has 0 unspecified atom stereocenters. The number of nitrogens with one attached hydrogen (secondary N) is 2. The molecule has 2 heterocycles. The lowest BCUT2D eigenvalue weighted by Crippen LogP contribution is -2.36. The van der Waals surface area contributed by atoms with Crippen molar-refractivity contribution in [3.05, 3.63) is 47.5 Å². The summed E-state index contributed by atoms with van der Waals surface area (Å²) in [5.41, 5.74) is 3.26. The van der Waals surface area contributed by atoms with Crippen molar-refractivity contribution in [2.45, 2.75) is 19.9 Å². The number of hydrogen-bond donors (Lipinski definition) is 2. The number of carbonyl (C=O) groups excluding carboxylic acids is 2. The third-order valence-corrected chi connectivity index (χ3v) is 6.30. The summed E-state index contributed by atoms with van der Waals surface area (Å²) in [6, 6.07) is 11.1. The van der Waals surface area contributed by atoms with Crippen molar-refractivity contribution in [3.8, 4) is 5.75 Å². The molecule has 9 heteroatoms. The van der Waals surface area contributed by atoms with Crippen LogP contribution in [-0.2, 0) is 16.1 Å². The Labute approximate surface area is 190 Å². The second-order valence-electron chi connectivity index (χ2n) is 7.36. The van der Waals surface area contributed by atoms with Crippen molar-refractivity contribution in [1.82, 2.24) is 10.3 Å². The van der Waals surface area contributed by atoms with E-state index in [2.05, 4.69) is 20.5 Å². The predicted octanol–water partition coefficient (Wildman–Crippen LogP) is 3.42. The number of rotatable bonds is 7. The number of carbonyl (C=O) groups is 2. The summed E-state index contributed by atoms with van der Waals surface area (Å²) in [5.74, 6) is 0.432. The van der Waals surface area contributed by atoms with Gasteiger partial charge in [-0.05, 0) is 29.8 Å². The number of morpholine rings is 1. The number of methoxy groups -OCH3 is 1. The van der Waals surface area contributed by atoms with E-state index in [0.717, 1.165) is 34.6 Å². The van der Waals surface area contributed by atoms with Gasteiger partial charge in [-0.15, -0.1) is 0 Å². The monoisotopic (exact) mass is 454 g/mol. The van der Waals surface area contributed by atoms with Crippen molar-refractivity contribution in [2.75, 3.05) is 43.6 Å². The fourth-order valence-electron chi connectivity index (χ4n) is 3.51. The first kappa shape index (κ1) is 22.0. The van der Waals surface area contributed by atoms with Crippen LogP contribution in [0.1, 0.15) is 29.3 Å². The second kappa shape index (κ2) is 9.97. The second-order valence-corrected chi connectivity index (χ2v) is 8.36. The summed E-state index contributed by atoms with van der Waals surface area (Å²) in [6.45, 7) is 5.25. The summed E-state index contributed by atoms with van der Waals surface area (Å²) in [4.78, 5) is 31.1. The Balaban J connectivity index is 1.52. The molecule has 4 rings (SSSR count). The maximum atomic E-state index is 12.8. The Hall–Kier alpha value is -3.17. The standard InChI is InChI=1S/C23H26N4O4S/c1-3-19(28)24-14-15-4-6-16(7-5-15)22(29)26-23-25-20-18(30-2)9-8-17(21(20)32-23)27-10-12-31-13-11-27/h4-9H,3,10-14H2,1-2H3,(H,24,28)(H,25,26,29). The molecule has 1 aliphatic rings. The average Bonchev–Trinajstić information content (AvgIpc) is 3.26. The van der Waals surface area contributed by atoms with E-state index in [1.165, 1.54) is 11.3 Å². The van der Waals surface area contributed by atoms with Gasteiger partial charge in [-0.25, -0.2) is 4.98 Å². The zero-order valence-electron chi connectivity index (χ0n) is 18.1. The lowest BCUT2D eigenvalue weighted by molar-refractivity contribution is -0.120. The minimum atomic E-state index is -0.236. The first-order valence-corrected chi connectivity index (χ1v) is 11.4. The molecule has 2 N–H and O–H groups in total. The molecule has 0 atom stereocenters. The van der Waals surface area contributed by atoms with Crippen molar-refractivity contribution >= 4 is 44.2 Å². The molecule has 0 saturated carbocycles. The lowest BCUT2D eigenvalue weighted by atomic mass is 10.1. The van der Waals surface area contributed by atoms with E-state index in [9.17, 15) is 9.59 Å². The van der Waals surface area contributed by atoms with Gasteiger partial charge in [0.05, 0.1) is 30.7 Å². The first-order chi connectivity index (χ1) is 15.6. The molecule has 32 heavy (non-hydrogen) atoms. The molecule has 0 bridgehead atoms. The van der Waals surface area contributed by atoms with E-state index < -0.39 is 0 Å². The van der Waals surface area contributed by atoms with Gasteiger partial charge in [-0.3, -0.25) is 14.9 Å². The minimum Gasteiger partial charge on any atom is -0.494 e. The molecule has 168 valence electrons. The highest BCUT2D eigenvalue weighted by Gasteiger charge is 2.20. The van der Waals surface area contributed by atoms with Crippen molar-refractivity contribution in [3.63, 3.8) is 0 Å². The zero-order chi connectivity index (χ0) is 22.5. The molecule has 1 saturated heterocycles. The number of benzene rings is 2. The van der Waals surface area contributed by atoms with Crippen molar-refractivity contribution in [2.24, 2.45) is 0 Å². The van der Waals surface area contributed by atoms with Crippen LogP contribution in [0.4, 0.5) is 10.8 Å². The number of fused-ring (bicyclic) bond motifs is 1. The summed E-state index contributed by atoms with van der Waals surface area (Å²) in [7, 11) is 1.62. The first-order valence-electron chi connectivity index (χ1n) is 10.6. The molecular weight excluding hydrogens is 428 g/mol. The van der Waals surface area contributed by atoms with Crippen LogP contribution in [0, 0.1) is 0 Å². The van der Waals surface area contributed by atoms with Gasteiger partial charge in [0.25, 0.3) is 5.91 Å². The zero-order valence-corrected chi connectivity index (χ0v) is 19.0. The van der Waals surface area contributed by atoms with E-state index in [-0.39, 0.29) is 11.8 Å². The quantitative estimate of drug-likeness (QED) is 0.568. The summed E-state index contributed by atoms with van der Waals surface area (Å²) in [5, 5.41) is 6.25. The maximum absolute atomic E-state index is 12.8. The van der Waals surface area contributed by atoms with E-state index in [1.807, 2.05) is 31.2 Å². The number of thiazole rings is 1. The number of aromatic nitrogens is 1. The highest BCUT2D eigenvalue weighted by molar-refractivity contribution is 7.23. The number of nitrogens with zero attached hydrogens (tertiary/aromatic N) is 2. The van der Waals surface area contributed by atoms with Crippen molar-refractivity contribution < 1.29 is 19.1 Å². The van der Waals surface area contributed by atoms with Crippen LogP contribution in [0.5, 0.6) is 5.75 Å². The molecule has 0 radical (unpaired) electrons. The van der Waals surface area contributed by atoms with Gasteiger partial charge in [0.1, 0.15) is 11.3 Å². The largest absolute Gasteiger partial charge is 0.494 e. The average molecular weight is 455 g/mol. The fourth-order valence-corrected chi connectivity index (χ4v) is 4.53. The number of anilines is 2. The fraction of sp³-hybridized carbons (Fsp3) is 0.348. The minimum absolute atomic E-state index is 0.00506. The van der Waals surface area contributed by atoms with E-state index in [0.29, 0.717) is 42.6 Å². The Morgan fingerprint density at radius 2 is 1.91 bits per heavy atom. The Bertz CT molecular complexity index is 1110. The topological polar surface area (TPSA) is 92.8 Å². The molecule has 0 aliphatic carbocycles. The highest BCUT2D eigenvalue weighted by Crippen LogP contribution is 2.39. The van der Waals surface area contributed by atoms with Gasteiger partial charge in [-0.2, -0.15) is 0 Å². The summed E-state index contributed by atoms with van der Waals surface area (Å²) < 4.78 is 11.9. The van der Waals surface area contributed by atoms with Crippen LogP contribution in [0.15, 0.2) is 36.4 Å². The molecule has 0 spiro atoms. The van der Waals surface area contributed by atoms with Crippen LogP contribution in [0.25, 0.3) is 10.2 Å². The Morgan fingerprint density at radius 1 is 1.16 bits per heavy atom. The van der Waals surface area contributed by atoms with Gasteiger partial charge in [0.15, 0.2) is 5.13 Å². The normalized spacial score (nSPS) is 13.8. The third kappa shape index (κ3) is 4.84. The van der Waals surface area contributed by atoms with Gasteiger partial charge < -0.3 is 19.7 Å². The SMILES string of the molecule is CCC(=O)NCc1ccc(C(=O)Nc2nc3c(OC)ccc(N4CCOCC4)c3s2)cc1. The molecule has 2 aromatic carbocycles. The molecule has 1 fully saturated rings. The number of amides is 2. The number of ether oxygens (including phenoxy) is 2. The molecular formula is C23H26N4O4S. The molecule has 3 aromatic rings. The predicted molar refractivity (Wildman–Crippen MR) is 126 cm³/mol. The Morgan fingerprint density at radius 3 is 2.59 bits per heavy atom.